The molecule has 19 heavy (non-hydrogen) atoms. The van der Waals surface area contributed by atoms with E-state index in [-0.39, 0.29) is 0 Å². The van der Waals surface area contributed by atoms with Gasteiger partial charge < -0.3 is 0 Å². The first-order chi connectivity index (χ1) is 9.30. The van der Waals surface area contributed by atoms with Gasteiger partial charge in [0.05, 0.1) is 5.56 Å². The van der Waals surface area contributed by atoms with Crippen LogP contribution in [0.4, 0.5) is 5.69 Å². The molecule has 3 heteroatoms. The summed E-state index contributed by atoms with van der Waals surface area (Å²) >= 11 is 0. The summed E-state index contributed by atoms with van der Waals surface area (Å²) in [6.45, 7) is 5.76. The fourth-order valence-electron chi connectivity index (χ4n) is 1.96. The molecule has 0 amide bonds. The molecule has 0 radical (unpaired) electrons. The summed E-state index contributed by atoms with van der Waals surface area (Å²) in [5.41, 5.74) is 1.54. The highest BCUT2D eigenvalue weighted by Crippen LogP contribution is 2.27. The van der Waals surface area contributed by atoms with Gasteiger partial charge in [-0.05, 0) is 30.7 Å². The van der Waals surface area contributed by atoms with Crippen molar-refractivity contribution in [1.29, 1.82) is 0 Å². The number of hydrogen-bond donors (Lipinski definition) is 0. The van der Waals surface area contributed by atoms with Crippen LogP contribution in [0, 0.1) is 12.3 Å². The van der Waals surface area contributed by atoms with Crippen LogP contribution < -0.4 is 0 Å². The van der Waals surface area contributed by atoms with Gasteiger partial charge in [-0.2, -0.15) is 0 Å². The summed E-state index contributed by atoms with van der Waals surface area (Å²) in [7, 11) is 0. The van der Waals surface area contributed by atoms with Crippen LogP contribution in [0.5, 0.6) is 0 Å². The van der Waals surface area contributed by atoms with Crippen LogP contribution in [0.3, 0.4) is 0 Å². The molecule has 0 aromatic heterocycles. The Balaban J connectivity index is 2.47. The minimum absolute atomic E-state index is 0.744. The smallest absolute Gasteiger partial charge is 0.104 e. The van der Waals surface area contributed by atoms with Gasteiger partial charge in [0.2, 0.25) is 0 Å². The van der Waals surface area contributed by atoms with Crippen molar-refractivity contribution >= 4 is 16.5 Å². The zero-order valence-corrected chi connectivity index (χ0v) is 11.3. The highest BCUT2D eigenvalue weighted by atomic mass is 15.5. The van der Waals surface area contributed by atoms with Gasteiger partial charge in [-0.15, -0.1) is 11.5 Å². The lowest BCUT2D eigenvalue weighted by Crippen LogP contribution is -2.14. The number of hydrogen-bond acceptors (Lipinski definition) is 2. The molecule has 0 aliphatic carbocycles. The Morgan fingerprint density at radius 2 is 1.84 bits per heavy atom. The van der Waals surface area contributed by atoms with E-state index in [2.05, 4.69) is 16.3 Å². The summed E-state index contributed by atoms with van der Waals surface area (Å²) in [4.78, 5) is 0. The molecule has 0 unspecified atom stereocenters. The first kappa shape index (κ1) is 13.1. The van der Waals surface area contributed by atoms with Crippen LogP contribution in [0.1, 0.15) is 19.4 Å². The molecule has 0 heterocycles. The van der Waals surface area contributed by atoms with Gasteiger partial charge in [0.1, 0.15) is 5.69 Å². The SMILES string of the molecule is C#Cc1c(N=NN(CC)CC)ccc2ccccc12. The molecule has 0 bridgehead atoms. The topological polar surface area (TPSA) is 28.0 Å². The van der Waals surface area contributed by atoms with Gasteiger partial charge in [-0.25, -0.2) is 0 Å². The Morgan fingerprint density at radius 1 is 1.11 bits per heavy atom. The van der Waals surface area contributed by atoms with E-state index in [9.17, 15) is 0 Å². The molecule has 0 saturated carbocycles. The molecular weight excluding hydrogens is 234 g/mol. The van der Waals surface area contributed by atoms with Gasteiger partial charge in [0.15, 0.2) is 0 Å². The highest BCUT2D eigenvalue weighted by Gasteiger charge is 2.05. The number of fused-ring (bicyclic) bond motifs is 1. The van der Waals surface area contributed by atoms with Crippen molar-refractivity contribution in [3.05, 3.63) is 42.0 Å². The molecule has 0 atom stereocenters. The van der Waals surface area contributed by atoms with Gasteiger partial charge in [0.25, 0.3) is 0 Å². The zero-order chi connectivity index (χ0) is 13.7. The molecule has 96 valence electrons. The third-order valence-corrected chi connectivity index (χ3v) is 3.06. The standard InChI is InChI=1S/C16H17N3/c1-4-14-15-10-8-7-9-13(15)11-12-16(14)17-18-19(5-2)6-3/h1,7-12H,5-6H2,2-3H3. The summed E-state index contributed by atoms with van der Waals surface area (Å²) in [5, 5.41) is 12.5. The van der Waals surface area contributed by atoms with Gasteiger partial charge >= 0.3 is 0 Å². The predicted octanol–water partition coefficient (Wildman–Crippen LogP) is 4.16. The molecule has 0 aliphatic rings. The molecular formula is C16H17N3. The van der Waals surface area contributed by atoms with Crippen LogP contribution in [0.15, 0.2) is 46.7 Å². The second kappa shape index (κ2) is 6.01. The minimum Gasteiger partial charge on any atom is -0.279 e. The second-order valence-corrected chi connectivity index (χ2v) is 4.15. The van der Waals surface area contributed by atoms with Gasteiger partial charge in [-0.3, -0.25) is 5.01 Å². The van der Waals surface area contributed by atoms with E-state index in [0.717, 1.165) is 35.1 Å². The maximum Gasteiger partial charge on any atom is 0.104 e. The Hall–Kier alpha value is -2.34. The normalized spacial score (nSPS) is 10.8. The van der Waals surface area contributed by atoms with E-state index >= 15 is 0 Å². The first-order valence-corrected chi connectivity index (χ1v) is 6.45. The van der Waals surface area contributed by atoms with Crippen molar-refractivity contribution in [3.8, 4) is 12.3 Å². The van der Waals surface area contributed by atoms with E-state index in [1.807, 2.05) is 55.3 Å². The third-order valence-electron chi connectivity index (χ3n) is 3.06. The Morgan fingerprint density at radius 3 is 2.53 bits per heavy atom. The summed E-state index contributed by atoms with van der Waals surface area (Å²) in [5.74, 6) is 2.73. The monoisotopic (exact) mass is 251 g/mol. The fourth-order valence-corrected chi connectivity index (χ4v) is 1.96. The summed E-state index contributed by atoms with van der Waals surface area (Å²) in [6.07, 6.45) is 5.62. The quantitative estimate of drug-likeness (QED) is 0.455. The molecule has 0 fully saturated rings. The second-order valence-electron chi connectivity index (χ2n) is 4.15. The third kappa shape index (κ3) is 2.74. The maximum absolute atomic E-state index is 5.62. The summed E-state index contributed by atoms with van der Waals surface area (Å²) < 4.78 is 0. The number of benzene rings is 2. The Kier molecular flexibility index (Phi) is 4.15. The van der Waals surface area contributed by atoms with Crippen LogP contribution >= 0.6 is 0 Å². The van der Waals surface area contributed by atoms with Crippen molar-refractivity contribution in [1.82, 2.24) is 5.01 Å². The first-order valence-electron chi connectivity index (χ1n) is 6.45. The van der Waals surface area contributed by atoms with Crippen LogP contribution in [0.25, 0.3) is 10.8 Å². The molecule has 2 aromatic rings. The van der Waals surface area contributed by atoms with E-state index < -0.39 is 0 Å². The molecule has 0 saturated heterocycles. The van der Waals surface area contributed by atoms with Crippen molar-refractivity contribution < 1.29 is 0 Å². The molecule has 0 aliphatic heterocycles. The highest BCUT2D eigenvalue weighted by molar-refractivity contribution is 5.92. The van der Waals surface area contributed by atoms with Crippen molar-refractivity contribution in [2.24, 2.45) is 10.3 Å². The van der Waals surface area contributed by atoms with Crippen LogP contribution in [0.2, 0.25) is 0 Å². The lowest BCUT2D eigenvalue weighted by molar-refractivity contribution is 0.300. The lowest BCUT2D eigenvalue weighted by Gasteiger charge is -2.11. The summed E-state index contributed by atoms with van der Waals surface area (Å²) in [6, 6.07) is 12.0. The van der Waals surface area contributed by atoms with E-state index in [0.29, 0.717) is 0 Å². The lowest BCUT2D eigenvalue weighted by atomic mass is 10.0. The van der Waals surface area contributed by atoms with Gasteiger partial charge in [-0.1, -0.05) is 41.5 Å². The molecule has 2 rings (SSSR count). The Labute approximate surface area is 113 Å². The molecule has 0 spiro atoms. The van der Waals surface area contributed by atoms with Crippen molar-refractivity contribution in [3.63, 3.8) is 0 Å². The molecule has 2 aromatic carbocycles. The van der Waals surface area contributed by atoms with E-state index in [4.69, 9.17) is 6.42 Å². The molecule has 3 nitrogen and oxygen atoms in total. The number of rotatable bonds is 4. The number of nitrogens with zero attached hydrogens (tertiary/aromatic N) is 3. The molecule has 0 N–H and O–H groups in total. The van der Waals surface area contributed by atoms with Crippen LogP contribution in [-0.2, 0) is 0 Å². The Bertz CT molecular complexity index is 634. The maximum atomic E-state index is 5.62. The fraction of sp³-hybridized carbons (Fsp3) is 0.250. The van der Waals surface area contributed by atoms with Crippen molar-refractivity contribution in [2.45, 2.75) is 13.8 Å². The van der Waals surface area contributed by atoms with E-state index in [1.165, 1.54) is 0 Å². The average Bonchev–Trinajstić information content (AvgIpc) is 2.47. The largest absolute Gasteiger partial charge is 0.279 e. The zero-order valence-electron chi connectivity index (χ0n) is 11.3. The average molecular weight is 251 g/mol. The van der Waals surface area contributed by atoms with E-state index in [1.54, 1.807) is 0 Å². The minimum atomic E-state index is 0.744. The van der Waals surface area contributed by atoms with Gasteiger partial charge in [0, 0.05) is 13.1 Å². The predicted molar refractivity (Wildman–Crippen MR) is 79.3 cm³/mol. The number of terminal acetylenes is 1. The van der Waals surface area contributed by atoms with Crippen molar-refractivity contribution in [2.75, 3.05) is 13.1 Å². The van der Waals surface area contributed by atoms with Crippen LogP contribution in [-0.4, -0.2) is 18.1 Å².